The van der Waals surface area contributed by atoms with E-state index in [0.717, 1.165) is 16.8 Å². The van der Waals surface area contributed by atoms with E-state index in [2.05, 4.69) is 20.6 Å². The zero-order chi connectivity index (χ0) is 22.7. The first kappa shape index (κ1) is 21.5. The molecular weight excluding hydrogens is 424 g/mol. The fourth-order valence-corrected chi connectivity index (χ4v) is 3.99. The van der Waals surface area contributed by atoms with Gasteiger partial charge in [0.15, 0.2) is 16.8 Å². The highest BCUT2D eigenvalue weighted by Gasteiger charge is 2.19. The van der Waals surface area contributed by atoms with E-state index in [9.17, 15) is 9.59 Å². The van der Waals surface area contributed by atoms with E-state index in [-0.39, 0.29) is 17.4 Å². The molecule has 0 atom stereocenters. The van der Waals surface area contributed by atoms with Crippen LogP contribution in [0.15, 0.2) is 66.0 Å². The molecule has 0 spiro atoms. The van der Waals surface area contributed by atoms with E-state index in [4.69, 9.17) is 0 Å². The monoisotopic (exact) mass is 446 g/mol. The molecule has 0 radical (unpaired) electrons. The van der Waals surface area contributed by atoms with Crippen molar-refractivity contribution in [2.75, 3.05) is 11.1 Å². The molecule has 4 aromatic rings. The van der Waals surface area contributed by atoms with Gasteiger partial charge in [0.1, 0.15) is 5.69 Å². The molecule has 4 rings (SSSR count). The van der Waals surface area contributed by atoms with Crippen molar-refractivity contribution < 1.29 is 9.59 Å². The quantitative estimate of drug-likeness (QED) is 0.343. The van der Waals surface area contributed by atoms with Gasteiger partial charge < -0.3 is 9.88 Å². The average molecular weight is 447 g/mol. The third-order valence-electron chi connectivity index (χ3n) is 4.84. The number of carbonyl (C=O) groups excluding carboxylic acids is 2. The van der Waals surface area contributed by atoms with Crippen molar-refractivity contribution in [1.29, 1.82) is 0 Å². The van der Waals surface area contributed by atoms with Crippen LogP contribution < -0.4 is 5.32 Å². The second-order valence-electron chi connectivity index (χ2n) is 7.27. The minimum atomic E-state index is -0.188. The summed E-state index contributed by atoms with van der Waals surface area (Å²) in [6, 6.07) is 16.8. The van der Waals surface area contributed by atoms with Crippen LogP contribution in [0.4, 0.5) is 5.69 Å². The molecule has 1 N–H and O–H groups in total. The molecule has 0 aliphatic carbocycles. The summed E-state index contributed by atoms with van der Waals surface area (Å²) in [4.78, 5) is 23.9. The molecule has 0 saturated heterocycles. The fraction of sp³-hybridized carbons (Fsp3) is 0.174. The number of nitrogens with one attached hydrogen (secondary N) is 1. The van der Waals surface area contributed by atoms with E-state index >= 15 is 0 Å². The first-order chi connectivity index (χ1) is 15.4. The summed E-state index contributed by atoms with van der Waals surface area (Å²) in [5.41, 5.74) is 3.82. The van der Waals surface area contributed by atoms with Gasteiger partial charge in [0.05, 0.1) is 11.3 Å². The number of hydrogen-bond acceptors (Lipinski definition) is 6. The maximum Gasteiger partial charge on any atom is 0.234 e. The molecule has 2 aromatic carbocycles. The van der Waals surface area contributed by atoms with Crippen LogP contribution in [0.2, 0.25) is 0 Å². The lowest BCUT2D eigenvalue weighted by Crippen LogP contribution is -2.14. The first-order valence-corrected chi connectivity index (χ1v) is 10.9. The molecule has 0 unspecified atom stereocenters. The summed E-state index contributed by atoms with van der Waals surface area (Å²) in [6.07, 6.45) is 1.91. The predicted molar refractivity (Wildman–Crippen MR) is 124 cm³/mol. The van der Waals surface area contributed by atoms with Gasteiger partial charge in [-0.15, -0.1) is 10.2 Å². The van der Waals surface area contributed by atoms with Gasteiger partial charge in [-0.2, -0.15) is 5.10 Å². The summed E-state index contributed by atoms with van der Waals surface area (Å²) in [5.74, 6) is 0.600. The van der Waals surface area contributed by atoms with Crippen molar-refractivity contribution in [1.82, 2.24) is 24.5 Å². The second-order valence-corrected chi connectivity index (χ2v) is 8.21. The maximum atomic E-state index is 12.4. The predicted octanol–water partition coefficient (Wildman–Crippen LogP) is 3.82. The van der Waals surface area contributed by atoms with E-state index in [0.29, 0.717) is 22.2 Å². The molecule has 9 heteroatoms. The Morgan fingerprint density at radius 3 is 2.56 bits per heavy atom. The number of thioether (sulfide) groups is 1. The molecule has 162 valence electrons. The first-order valence-electron chi connectivity index (χ1n) is 9.95. The Balaban J connectivity index is 1.48. The number of benzene rings is 2. The second kappa shape index (κ2) is 9.19. The summed E-state index contributed by atoms with van der Waals surface area (Å²) < 4.78 is 3.61. The van der Waals surface area contributed by atoms with E-state index in [1.807, 2.05) is 55.2 Å². The number of aryl methyl sites for hydroxylation is 1. The van der Waals surface area contributed by atoms with Crippen LogP contribution in [-0.2, 0) is 18.9 Å². The molecule has 8 nitrogen and oxygen atoms in total. The van der Waals surface area contributed by atoms with E-state index in [1.54, 1.807) is 28.9 Å². The van der Waals surface area contributed by atoms with Gasteiger partial charge in [0.2, 0.25) is 5.91 Å². The van der Waals surface area contributed by atoms with Crippen LogP contribution in [-0.4, -0.2) is 42.0 Å². The van der Waals surface area contributed by atoms with Gasteiger partial charge in [0.25, 0.3) is 0 Å². The van der Waals surface area contributed by atoms with Crippen LogP contribution in [0.5, 0.6) is 0 Å². The lowest BCUT2D eigenvalue weighted by molar-refractivity contribution is -0.113. The Labute approximate surface area is 189 Å². The molecule has 2 heterocycles. The van der Waals surface area contributed by atoms with Crippen molar-refractivity contribution in [3.05, 3.63) is 66.4 Å². The van der Waals surface area contributed by atoms with Crippen LogP contribution in [0.3, 0.4) is 0 Å². The molecule has 2 aromatic heterocycles. The highest BCUT2D eigenvalue weighted by atomic mass is 32.2. The number of carbonyl (C=O) groups is 2. The third kappa shape index (κ3) is 4.62. The number of ketones is 1. The smallest absolute Gasteiger partial charge is 0.234 e. The lowest BCUT2D eigenvalue weighted by Gasteiger charge is -2.07. The van der Waals surface area contributed by atoms with Gasteiger partial charge >= 0.3 is 0 Å². The molecule has 0 aliphatic heterocycles. The van der Waals surface area contributed by atoms with Crippen LogP contribution in [0.1, 0.15) is 17.3 Å². The Hall–Kier alpha value is -3.72. The van der Waals surface area contributed by atoms with Gasteiger partial charge in [-0.3, -0.25) is 14.3 Å². The number of amides is 1. The van der Waals surface area contributed by atoms with Crippen molar-refractivity contribution in [2.24, 2.45) is 14.1 Å². The molecule has 1 amide bonds. The Morgan fingerprint density at radius 1 is 1.03 bits per heavy atom. The van der Waals surface area contributed by atoms with Gasteiger partial charge in [-0.05, 0) is 19.1 Å². The van der Waals surface area contributed by atoms with Crippen LogP contribution in [0, 0.1) is 0 Å². The highest BCUT2D eigenvalue weighted by molar-refractivity contribution is 7.99. The van der Waals surface area contributed by atoms with Gasteiger partial charge in [0, 0.05) is 37.1 Å². The SMILES string of the molecule is CC(=O)c1cccc(NC(=O)CSc2nnc(-c3cn(C)nc3-c3ccccc3)n2C)c1. The molecule has 0 bridgehead atoms. The zero-order valence-electron chi connectivity index (χ0n) is 17.9. The summed E-state index contributed by atoms with van der Waals surface area (Å²) in [6.45, 7) is 1.49. The van der Waals surface area contributed by atoms with Crippen molar-refractivity contribution in [2.45, 2.75) is 12.1 Å². The maximum absolute atomic E-state index is 12.4. The lowest BCUT2D eigenvalue weighted by atomic mass is 10.1. The number of hydrogen-bond donors (Lipinski definition) is 1. The Kier molecular flexibility index (Phi) is 6.18. The highest BCUT2D eigenvalue weighted by Crippen LogP contribution is 2.31. The number of Topliss-reactive ketones (excluding diaryl/α,β-unsaturated/α-hetero) is 1. The minimum absolute atomic E-state index is 0.0487. The molecule has 32 heavy (non-hydrogen) atoms. The number of aromatic nitrogens is 5. The van der Waals surface area contributed by atoms with E-state index in [1.165, 1.54) is 18.7 Å². The van der Waals surface area contributed by atoms with Crippen LogP contribution in [0.25, 0.3) is 22.6 Å². The van der Waals surface area contributed by atoms with Gasteiger partial charge in [-0.1, -0.05) is 54.2 Å². The van der Waals surface area contributed by atoms with E-state index < -0.39 is 0 Å². The average Bonchev–Trinajstić information content (AvgIpc) is 3.35. The number of rotatable bonds is 7. The molecule has 0 aliphatic rings. The Morgan fingerprint density at radius 2 is 1.81 bits per heavy atom. The largest absolute Gasteiger partial charge is 0.325 e. The molecular formula is C23H22N6O2S. The number of nitrogens with zero attached hydrogens (tertiary/aromatic N) is 5. The van der Waals surface area contributed by atoms with Gasteiger partial charge in [-0.25, -0.2) is 0 Å². The Bertz CT molecular complexity index is 1280. The molecule has 0 fully saturated rings. The summed E-state index contributed by atoms with van der Waals surface area (Å²) >= 11 is 1.29. The minimum Gasteiger partial charge on any atom is -0.325 e. The fourth-order valence-electron chi connectivity index (χ4n) is 3.28. The normalized spacial score (nSPS) is 10.8. The third-order valence-corrected chi connectivity index (χ3v) is 5.86. The topological polar surface area (TPSA) is 94.7 Å². The van der Waals surface area contributed by atoms with Crippen LogP contribution >= 0.6 is 11.8 Å². The summed E-state index contributed by atoms with van der Waals surface area (Å²) in [5, 5.41) is 16.6. The van der Waals surface area contributed by atoms with Crippen molar-refractivity contribution >= 4 is 29.1 Å². The number of anilines is 1. The standard InChI is InChI=1S/C23H22N6O2S/c1-15(30)17-10-7-11-18(12-17)24-20(31)14-32-23-26-25-22(29(23)3)19-13-28(2)27-21(19)16-8-5-4-6-9-16/h4-13H,14H2,1-3H3,(H,24,31). The molecule has 0 saturated carbocycles. The van der Waals surface area contributed by atoms with Crippen molar-refractivity contribution in [3.63, 3.8) is 0 Å². The zero-order valence-corrected chi connectivity index (χ0v) is 18.8. The summed E-state index contributed by atoms with van der Waals surface area (Å²) in [7, 11) is 3.74. The van der Waals surface area contributed by atoms with Crippen molar-refractivity contribution in [3.8, 4) is 22.6 Å².